The highest BCUT2D eigenvalue weighted by molar-refractivity contribution is 9.10. The Labute approximate surface area is 193 Å². The molecule has 1 N–H and O–H groups in total. The number of hydrogen-bond donors (Lipinski definition) is 1. The Kier molecular flexibility index (Phi) is 6.63. The monoisotopic (exact) mass is 496 g/mol. The summed E-state index contributed by atoms with van der Waals surface area (Å²) in [6, 6.07) is 22.5. The third-order valence-electron chi connectivity index (χ3n) is 4.83. The summed E-state index contributed by atoms with van der Waals surface area (Å²) < 4.78 is 6.35. The van der Waals surface area contributed by atoms with Crippen LogP contribution < -0.4 is 15.0 Å². The first-order valence-electron chi connectivity index (χ1n) is 9.88. The van der Waals surface area contributed by atoms with Gasteiger partial charge in [-0.15, -0.1) is 11.8 Å². The Bertz CT molecular complexity index is 1090. The first-order chi connectivity index (χ1) is 15.0. The number of anilines is 2. The number of benzene rings is 3. The van der Waals surface area contributed by atoms with Crippen LogP contribution in [0.15, 0.2) is 77.3 Å². The first kappa shape index (κ1) is 21.5. The molecule has 0 radical (unpaired) electrons. The van der Waals surface area contributed by atoms with Gasteiger partial charge in [0.05, 0.1) is 12.4 Å². The highest BCUT2D eigenvalue weighted by Crippen LogP contribution is 2.42. The van der Waals surface area contributed by atoms with Gasteiger partial charge < -0.3 is 10.1 Å². The van der Waals surface area contributed by atoms with Gasteiger partial charge in [0, 0.05) is 21.4 Å². The molecule has 4 rings (SSSR count). The molecule has 1 aliphatic rings. The molecule has 1 atom stereocenters. The molecule has 1 heterocycles. The van der Waals surface area contributed by atoms with Gasteiger partial charge in [0.2, 0.25) is 5.91 Å². The average molecular weight is 497 g/mol. The van der Waals surface area contributed by atoms with Gasteiger partial charge in [-0.1, -0.05) is 34.1 Å². The maximum absolute atomic E-state index is 12.6. The smallest absolute Gasteiger partial charge is 0.255 e. The third-order valence-corrected chi connectivity index (χ3v) is 6.54. The van der Waals surface area contributed by atoms with Gasteiger partial charge >= 0.3 is 0 Å². The summed E-state index contributed by atoms with van der Waals surface area (Å²) in [4.78, 5) is 26.9. The van der Waals surface area contributed by atoms with Crippen molar-refractivity contribution in [2.45, 2.75) is 12.3 Å². The summed E-state index contributed by atoms with van der Waals surface area (Å²) in [5.41, 5.74) is 3.13. The fraction of sp³-hybridized carbons (Fsp3) is 0.167. The lowest BCUT2D eigenvalue weighted by Crippen LogP contribution is -2.27. The fourth-order valence-corrected chi connectivity index (χ4v) is 4.96. The van der Waals surface area contributed by atoms with Crippen LogP contribution in [0.1, 0.15) is 28.2 Å². The minimum absolute atomic E-state index is 0.0752. The molecule has 0 bridgehead atoms. The Hall–Kier alpha value is -2.77. The van der Waals surface area contributed by atoms with Crippen molar-refractivity contribution in [3.8, 4) is 5.75 Å². The van der Waals surface area contributed by atoms with E-state index in [9.17, 15) is 9.59 Å². The summed E-state index contributed by atoms with van der Waals surface area (Å²) in [6.45, 7) is 2.54. The van der Waals surface area contributed by atoms with E-state index in [2.05, 4.69) is 21.2 Å². The van der Waals surface area contributed by atoms with Crippen LogP contribution in [0, 0.1) is 0 Å². The van der Waals surface area contributed by atoms with E-state index in [1.807, 2.05) is 72.5 Å². The number of halogens is 1. The largest absolute Gasteiger partial charge is 0.494 e. The molecule has 1 aliphatic heterocycles. The third kappa shape index (κ3) is 4.94. The van der Waals surface area contributed by atoms with Gasteiger partial charge in [0.25, 0.3) is 5.91 Å². The van der Waals surface area contributed by atoms with Crippen molar-refractivity contribution in [2.24, 2.45) is 0 Å². The van der Waals surface area contributed by atoms with E-state index < -0.39 is 0 Å². The second kappa shape index (κ2) is 9.58. The molecular weight excluding hydrogens is 476 g/mol. The van der Waals surface area contributed by atoms with Crippen LogP contribution in [0.3, 0.4) is 0 Å². The number of hydrogen-bond acceptors (Lipinski definition) is 4. The van der Waals surface area contributed by atoms with Crippen molar-refractivity contribution in [1.29, 1.82) is 0 Å². The fourth-order valence-electron chi connectivity index (χ4n) is 3.38. The summed E-state index contributed by atoms with van der Waals surface area (Å²) >= 11 is 4.97. The number of amides is 2. The predicted molar refractivity (Wildman–Crippen MR) is 129 cm³/mol. The van der Waals surface area contributed by atoms with Crippen LogP contribution in [0.2, 0.25) is 0 Å². The van der Waals surface area contributed by atoms with Gasteiger partial charge in [-0.25, -0.2) is 0 Å². The van der Waals surface area contributed by atoms with E-state index in [1.54, 1.807) is 23.9 Å². The van der Waals surface area contributed by atoms with Crippen LogP contribution in [0.25, 0.3) is 0 Å². The lowest BCUT2D eigenvalue weighted by molar-refractivity contribution is -0.115. The maximum atomic E-state index is 12.6. The molecule has 31 heavy (non-hydrogen) atoms. The van der Waals surface area contributed by atoms with Crippen molar-refractivity contribution in [2.75, 3.05) is 22.6 Å². The highest BCUT2D eigenvalue weighted by atomic mass is 79.9. The summed E-state index contributed by atoms with van der Waals surface area (Å²) in [7, 11) is 0. The second-order valence-electron chi connectivity index (χ2n) is 6.94. The molecule has 7 heteroatoms. The molecular formula is C24H21BrN2O3S. The van der Waals surface area contributed by atoms with Crippen molar-refractivity contribution in [1.82, 2.24) is 0 Å². The van der Waals surface area contributed by atoms with Crippen LogP contribution >= 0.6 is 27.7 Å². The van der Waals surface area contributed by atoms with E-state index in [1.165, 1.54) is 0 Å². The van der Waals surface area contributed by atoms with Crippen molar-refractivity contribution in [3.05, 3.63) is 88.4 Å². The number of carbonyl (C=O) groups excluding carboxylic acids is 2. The zero-order chi connectivity index (χ0) is 21.8. The molecule has 1 fully saturated rings. The Balaban J connectivity index is 1.49. The molecule has 0 aromatic heterocycles. The van der Waals surface area contributed by atoms with Crippen molar-refractivity contribution in [3.63, 3.8) is 0 Å². The summed E-state index contributed by atoms with van der Waals surface area (Å²) in [5, 5.41) is 2.80. The minimum Gasteiger partial charge on any atom is -0.494 e. The minimum atomic E-state index is -0.171. The maximum Gasteiger partial charge on any atom is 0.255 e. The number of rotatable bonds is 6. The van der Waals surface area contributed by atoms with Gasteiger partial charge in [0.1, 0.15) is 11.1 Å². The number of nitrogens with one attached hydrogen (secondary N) is 1. The number of nitrogens with zero attached hydrogens (tertiary/aromatic N) is 1. The standard InChI is InChI=1S/C24H21BrN2O3S/c1-2-30-21-12-10-20(11-13-21)27-22(28)15-31-24(27)16-6-8-19(9-7-16)26-23(29)17-4-3-5-18(25)14-17/h3-14,24H,2,15H2,1H3,(H,26,29)/t24-/m1/s1. The van der Waals surface area contributed by atoms with E-state index in [0.29, 0.717) is 23.6 Å². The van der Waals surface area contributed by atoms with Crippen LogP contribution in [-0.2, 0) is 4.79 Å². The number of thioether (sulfide) groups is 1. The molecule has 3 aromatic rings. The number of carbonyl (C=O) groups is 2. The highest BCUT2D eigenvalue weighted by Gasteiger charge is 2.34. The molecule has 0 unspecified atom stereocenters. The van der Waals surface area contributed by atoms with E-state index in [4.69, 9.17) is 4.74 Å². The summed E-state index contributed by atoms with van der Waals surface area (Å²) in [5.74, 6) is 1.12. The molecule has 0 aliphatic carbocycles. The molecule has 0 saturated carbocycles. The Morgan fingerprint density at radius 3 is 2.55 bits per heavy atom. The number of ether oxygens (including phenoxy) is 1. The van der Waals surface area contributed by atoms with E-state index >= 15 is 0 Å². The van der Waals surface area contributed by atoms with Crippen LogP contribution in [-0.4, -0.2) is 24.2 Å². The van der Waals surface area contributed by atoms with Gasteiger partial charge in [0.15, 0.2) is 0 Å². The van der Waals surface area contributed by atoms with E-state index in [-0.39, 0.29) is 17.2 Å². The zero-order valence-corrected chi connectivity index (χ0v) is 19.3. The molecule has 2 amide bonds. The SMILES string of the molecule is CCOc1ccc(N2C(=O)CS[C@@H]2c2ccc(NC(=O)c3cccc(Br)c3)cc2)cc1. The lowest BCUT2D eigenvalue weighted by atomic mass is 10.1. The average Bonchev–Trinajstić information content (AvgIpc) is 3.16. The summed E-state index contributed by atoms with van der Waals surface area (Å²) in [6.07, 6.45) is 0. The predicted octanol–water partition coefficient (Wildman–Crippen LogP) is 5.88. The van der Waals surface area contributed by atoms with Gasteiger partial charge in [-0.3, -0.25) is 14.5 Å². The van der Waals surface area contributed by atoms with Crippen molar-refractivity contribution < 1.29 is 14.3 Å². The molecule has 1 saturated heterocycles. The first-order valence-corrected chi connectivity index (χ1v) is 11.7. The van der Waals surface area contributed by atoms with Crippen LogP contribution in [0.4, 0.5) is 11.4 Å². The van der Waals surface area contributed by atoms with Gasteiger partial charge in [-0.2, -0.15) is 0 Å². The van der Waals surface area contributed by atoms with Crippen LogP contribution in [0.5, 0.6) is 5.75 Å². The Morgan fingerprint density at radius 1 is 1.13 bits per heavy atom. The topological polar surface area (TPSA) is 58.6 Å². The molecule has 5 nitrogen and oxygen atoms in total. The van der Waals surface area contributed by atoms with E-state index in [0.717, 1.165) is 21.5 Å². The molecule has 158 valence electrons. The quantitative estimate of drug-likeness (QED) is 0.462. The van der Waals surface area contributed by atoms with Crippen molar-refractivity contribution >= 4 is 50.9 Å². The molecule has 3 aromatic carbocycles. The Morgan fingerprint density at radius 2 is 1.87 bits per heavy atom. The molecule has 0 spiro atoms. The zero-order valence-electron chi connectivity index (χ0n) is 16.9. The lowest BCUT2D eigenvalue weighted by Gasteiger charge is -2.24. The second-order valence-corrected chi connectivity index (χ2v) is 8.92. The normalized spacial score (nSPS) is 15.7. The van der Waals surface area contributed by atoms with Gasteiger partial charge in [-0.05, 0) is 67.1 Å².